The third-order valence-corrected chi connectivity index (χ3v) is 4.07. The maximum absolute atomic E-state index is 6.03. The molecule has 1 N–H and O–H groups in total. The van der Waals surface area contributed by atoms with Crippen LogP contribution >= 0.6 is 27.5 Å². The van der Waals surface area contributed by atoms with Crippen LogP contribution < -0.4 is 5.32 Å². The van der Waals surface area contributed by atoms with Crippen molar-refractivity contribution in [3.05, 3.63) is 33.3 Å². The molecule has 0 bridgehead atoms. The van der Waals surface area contributed by atoms with Gasteiger partial charge < -0.3 is 5.32 Å². The van der Waals surface area contributed by atoms with Crippen molar-refractivity contribution in [1.29, 1.82) is 0 Å². The Kier molecular flexibility index (Phi) is 4.28. The molecule has 2 atom stereocenters. The minimum atomic E-state index is 0.692. The minimum Gasteiger partial charge on any atom is -0.316 e. The predicted octanol–water partition coefficient (Wildman–Crippen LogP) is 4.21. The molecule has 0 aromatic heterocycles. The number of rotatable bonds is 5. The maximum atomic E-state index is 6.03. The lowest BCUT2D eigenvalue weighted by atomic mass is 10.1. The highest BCUT2D eigenvalue weighted by molar-refractivity contribution is 9.10. The first-order chi connectivity index (χ1) is 7.72. The molecular formula is C13H17BrClN. The lowest BCUT2D eigenvalue weighted by Gasteiger charge is -2.05. The Bertz CT molecular complexity index is 367. The van der Waals surface area contributed by atoms with E-state index >= 15 is 0 Å². The molecule has 1 saturated carbocycles. The summed E-state index contributed by atoms with van der Waals surface area (Å²) in [7, 11) is 0. The Morgan fingerprint density at radius 2 is 2.31 bits per heavy atom. The number of benzene rings is 1. The van der Waals surface area contributed by atoms with Crippen molar-refractivity contribution in [3.8, 4) is 0 Å². The molecule has 1 aromatic carbocycles. The van der Waals surface area contributed by atoms with Gasteiger partial charge in [-0.3, -0.25) is 0 Å². The van der Waals surface area contributed by atoms with Crippen LogP contribution in [0.25, 0.3) is 0 Å². The molecule has 0 heterocycles. The quantitative estimate of drug-likeness (QED) is 0.804. The standard InChI is InChI=1S/C13H17BrClN/c1-2-5-16-8-9-6-11(9)12-7-10(15)3-4-13(12)14/h3-4,7,9,11,16H,2,5-6,8H2,1H3. The fourth-order valence-electron chi connectivity index (χ4n) is 2.12. The van der Waals surface area contributed by atoms with Gasteiger partial charge in [-0.2, -0.15) is 0 Å². The van der Waals surface area contributed by atoms with E-state index in [1.807, 2.05) is 12.1 Å². The Morgan fingerprint density at radius 1 is 1.50 bits per heavy atom. The van der Waals surface area contributed by atoms with Crippen molar-refractivity contribution in [3.63, 3.8) is 0 Å². The topological polar surface area (TPSA) is 12.0 Å². The van der Waals surface area contributed by atoms with Crippen molar-refractivity contribution in [2.75, 3.05) is 13.1 Å². The van der Waals surface area contributed by atoms with Gasteiger partial charge in [-0.1, -0.05) is 34.5 Å². The SMILES string of the molecule is CCCNCC1CC1c1cc(Cl)ccc1Br. The van der Waals surface area contributed by atoms with Gasteiger partial charge in [0.15, 0.2) is 0 Å². The number of nitrogens with one attached hydrogen (secondary N) is 1. The molecule has 1 aromatic rings. The number of hydrogen-bond donors (Lipinski definition) is 1. The second-order valence-corrected chi connectivity index (χ2v) is 5.76. The Balaban J connectivity index is 1.92. The van der Waals surface area contributed by atoms with Gasteiger partial charge in [-0.15, -0.1) is 0 Å². The smallest absolute Gasteiger partial charge is 0.0409 e. The van der Waals surface area contributed by atoms with E-state index in [-0.39, 0.29) is 0 Å². The molecule has 0 radical (unpaired) electrons. The highest BCUT2D eigenvalue weighted by atomic mass is 79.9. The molecule has 0 amide bonds. The Labute approximate surface area is 111 Å². The van der Waals surface area contributed by atoms with E-state index in [1.165, 1.54) is 22.9 Å². The van der Waals surface area contributed by atoms with Gasteiger partial charge >= 0.3 is 0 Å². The fraction of sp³-hybridized carbons (Fsp3) is 0.538. The molecule has 2 rings (SSSR count). The van der Waals surface area contributed by atoms with Crippen LogP contribution in [0.4, 0.5) is 0 Å². The van der Waals surface area contributed by atoms with E-state index in [4.69, 9.17) is 11.6 Å². The summed E-state index contributed by atoms with van der Waals surface area (Å²) in [5.41, 5.74) is 1.37. The molecule has 2 unspecified atom stereocenters. The summed E-state index contributed by atoms with van der Waals surface area (Å²) in [6.07, 6.45) is 2.49. The molecule has 0 saturated heterocycles. The largest absolute Gasteiger partial charge is 0.316 e. The molecule has 0 aliphatic heterocycles. The van der Waals surface area contributed by atoms with Crippen molar-refractivity contribution < 1.29 is 0 Å². The number of halogens is 2. The highest BCUT2D eigenvalue weighted by Crippen LogP contribution is 2.49. The van der Waals surface area contributed by atoms with Gasteiger partial charge in [0, 0.05) is 9.50 Å². The summed E-state index contributed by atoms with van der Waals surface area (Å²) in [5.74, 6) is 1.48. The van der Waals surface area contributed by atoms with Crippen molar-refractivity contribution in [1.82, 2.24) is 5.32 Å². The van der Waals surface area contributed by atoms with Gasteiger partial charge in [0.2, 0.25) is 0 Å². The van der Waals surface area contributed by atoms with Crippen LogP contribution in [-0.4, -0.2) is 13.1 Å². The monoisotopic (exact) mass is 301 g/mol. The maximum Gasteiger partial charge on any atom is 0.0409 e. The van der Waals surface area contributed by atoms with E-state index in [9.17, 15) is 0 Å². The van der Waals surface area contributed by atoms with Crippen molar-refractivity contribution in [2.24, 2.45) is 5.92 Å². The van der Waals surface area contributed by atoms with Crippen LogP contribution in [-0.2, 0) is 0 Å². The van der Waals surface area contributed by atoms with Crippen LogP contribution in [0, 0.1) is 5.92 Å². The van der Waals surface area contributed by atoms with Crippen LogP contribution in [0.3, 0.4) is 0 Å². The van der Waals surface area contributed by atoms with E-state index in [1.54, 1.807) is 0 Å². The van der Waals surface area contributed by atoms with Crippen LogP contribution in [0.1, 0.15) is 31.2 Å². The molecular weight excluding hydrogens is 286 g/mol. The highest BCUT2D eigenvalue weighted by Gasteiger charge is 2.38. The third-order valence-electron chi connectivity index (χ3n) is 3.11. The first-order valence-corrected chi connectivity index (χ1v) is 7.05. The second kappa shape index (κ2) is 5.52. The van der Waals surface area contributed by atoms with Gasteiger partial charge in [0.25, 0.3) is 0 Å². The van der Waals surface area contributed by atoms with Gasteiger partial charge in [0.1, 0.15) is 0 Å². The second-order valence-electron chi connectivity index (χ2n) is 4.47. The lowest BCUT2D eigenvalue weighted by molar-refractivity contribution is 0.620. The summed E-state index contributed by atoms with van der Waals surface area (Å²) >= 11 is 9.63. The summed E-state index contributed by atoms with van der Waals surface area (Å²) in [5, 5.41) is 4.32. The summed E-state index contributed by atoms with van der Waals surface area (Å²) in [6, 6.07) is 6.07. The summed E-state index contributed by atoms with van der Waals surface area (Å²) < 4.78 is 1.19. The van der Waals surface area contributed by atoms with Gasteiger partial charge in [-0.05, 0) is 61.5 Å². The zero-order valence-corrected chi connectivity index (χ0v) is 11.8. The van der Waals surface area contributed by atoms with Crippen LogP contribution in [0.2, 0.25) is 5.02 Å². The third kappa shape index (κ3) is 2.99. The molecule has 88 valence electrons. The summed E-state index contributed by atoms with van der Waals surface area (Å²) in [4.78, 5) is 0. The van der Waals surface area contributed by atoms with Crippen LogP contribution in [0.5, 0.6) is 0 Å². The average molecular weight is 303 g/mol. The zero-order valence-electron chi connectivity index (χ0n) is 9.47. The molecule has 1 aliphatic carbocycles. The van der Waals surface area contributed by atoms with Crippen LogP contribution in [0.15, 0.2) is 22.7 Å². The normalized spacial score (nSPS) is 23.4. The van der Waals surface area contributed by atoms with Crippen molar-refractivity contribution in [2.45, 2.75) is 25.7 Å². The van der Waals surface area contributed by atoms with E-state index in [0.29, 0.717) is 5.92 Å². The zero-order chi connectivity index (χ0) is 11.5. The van der Waals surface area contributed by atoms with Gasteiger partial charge in [-0.25, -0.2) is 0 Å². The lowest BCUT2D eigenvalue weighted by Crippen LogP contribution is -2.17. The minimum absolute atomic E-state index is 0.692. The van der Waals surface area contributed by atoms with E-state index in [0.717, 1.165) is 24.0 Å². The molecule has 16 heavy (non-hydrogen) atoms. The molecule has 1 nitrogen and oxygen atoms in total. The predicted molar refractivity (Wildman–Crippen MR) is 73.2 cm³/mol. The van der Waals surface area contributed by atoms with E-state index in [2.05, 4.69) is 34.2 Å². The number of hydrogen-bond acceptors (Lipinski definition) is 1. The molecule has 1 fully saturated rings. The Hall–Kier alpha value is -0.0500. The first-order valence-electron chi connectivity index (χ1n) is 5.88. The molecule has 1 aliphatic rings. The fourth-order valence-corrected chi connectivity index (χ4v) is 2.84. The summed E-state index contributed by atoms with van der Waals surface area (Å²) in [6.45, 7) is 4.46. The molecule has 0 spiro atoms. The van der Waals surface area contributed by atoms with Crippen molar-refractivity contribution >= 4 is 27.5 Å². The van der Waals surface area contributed by atoms with E-state index < -0.39 is 0 Å². The Morgan fingerprint density at radius 3 is 3.06 bits per heavy atom. The van der Waals surface area contributed by atoms with Gasteiger partial charge in [0.05, 0.1) is 0 Å². The average Bonchev–Trinajstić information content (AvgIpc) is 3.02. The first kappa shape index (κ1) is 12.4. The molecule has 3 heteroatoms.